The van der Waals surface area contributed by atoms with Gasteiger partial charge in [0.25, 0.3) is 0 Å². The highest BCUT2D eigenvalue weighted by molar-refractivity contribution is 7.83. The van der Waals surface area contributed by atoms with E-state index < -0.39 is 10.3 Å². The van der Waals surface area contributed by atoms with Crippen LogP contribution in [0.4, 0.5) is 0 Å². The molecule has 0 atom stereocenters. The van der Waals surface area contributed by atoms with Crippen LogP contribution in [0.5, 0.6) is 0 Å². The molecule has 0 aromatic heterocycles. The Morgan fingerprint density at radius 1 is 1.62 bits per heavy atom. The zero-order valence-corrected chi connectivity index (χ0v) is 5.35. The van der Waals surface area contributed by atoms with Gasteiger partial charge in [-0.1, -0.05) is 6.92 Å². The van der Waals surface area contributed by atoms with E-state index in [1.165, 1.54) is 0 Å². The van der Waals surface area contributed by atoms with Gasteiger partial charge < -0.3 is 5.73 Å². The lowest BCUT2D eigenvalue weighted by Crippen LogP contribution is -2.08. The molecule has 52 valence electrons. The molecule has 0 aliphatic heterocycles. The SMILES string of the molecule is CCN.NS(=O)(=O)O. The standard InChI is InChI=1S/C2H7N.H3NO3S/c1-2-3;1-5(2,3)4/h2-3H2,1H3;(H3,1,2,3,4). The highest BCUT2D eigenvalue weighted by Gasteiger charge is 1.81. The van der Waals surface area contributed by atoms with E-state index in [2.05, 4.69) is 5.14 Å². The number of hydrogen-bond donors (Lipinski definition) is 3. The quantitative estimate of drug-likeness (QED) is 0.366. The summed E-state index contributed by atoms with van der Waals surface area (Å²) in [6.07, 6.45) is 0. The van der Waals surface area contributed by atoms with Gasteiger partial charge in [-0.05, 0) is 6.54 Å². The zero-order valence-electron chi connectivity index (χ0n) is 4.53. The van der Waals surface area contributed by atoms with Crippen molar-refractivity contribution in [1.29, 1.82) is 0 Å². The second-order valence-electron chi connectivity index (χ2n) is 0.923. The maximum Gasteiger partial charge on any atom is 0.330 e. The van der Waals surface area contributed by atoms with Crippen molar-refractivity contribution in [2.24, 2.45) is 10.9 Å². The first-order chi connectivity index (χ1) is 3.41. The minimum Gasteiger partial charge on any atom is -0.331 e. The molecule has 0 spiro atoms. The third kappa shape index (κ3) is 4710. The van der Waals surface area contributed by atoms with E-state index in [1.807, 2.05) is 6.92 Å². The minimum absolute atomic E-state index is 0.750. The largest absolute Gasteiger partial charge is 0.331 e. The van der Waals surface area contributed by atoms with Crippen LogP contribution in [0.15, 0.2) is 0 Å². The summed E-state index contributed by atoms with van der Waals surface area (Å²) in [7, 11) is -4.17. The van der Waals surface area contributed by atoms with Crippen molar-refractivity contribution in [1.82, 2.24) is 0 Å². The fourth-order valence-electron chi connectivity index (χ4n) is 0. The van der Waals surface area contributed by atoms with Gasteiger partial charge in [-0.25, -0.2) is 5.14 Å². The Morgan fingerprint density at radius 3 is 1.62 bits per heavy atom. The summed E-state index contributed by atoms with van der Waals surface area (Å²) >= 11 is 0. The molecule has 0 rings (SSSR count). The molecule has 6 heteroatoms. The lowest BCUT2D eigenvalue weighted by Gasteiger charge is -1.70. The van der Waals surface area contributed by atoms with Crippen LogP contribution in [0.2, 0.25) is 0 Å². The Balaban J connectivity index is 0. The lowest BCUT2D eigenvalue weighted by atomic mass is 10.8. The van der Waals surface area contributed by atoms with Crippen molar-refractivity contribution in [3.8, 4) is 0 Å². The van der Waals surface area contributed by atoms with E-state index in [9.17, 15) is 0 Å². The molecule has 0 amide bonds. The van der Waals surface area contributed by atoms with Gasteiger partial charge in [-0.15, -0.1) is 0 Å². The highest BCUT2D eigenvalue weighted by atomic mass is 32.2. The molecule has 5 N–H and O–H groups in total. The fourth-order valence-corrected chi connectivity index (χ4v) is 0. The summed E-state index contributed by atoms with van der Waals surface area (Å²) in [6.45, 7) is 2.65. The fraction of sp³-hybridized carbons (Fsp3) is 1.00. The molecule has 0 aromatic rings. The Kier molecular flexibility index (Phi) is 6.68. The van der Waals surface area contributed by atoms with Crippen LogP contribution < -0.4 is 10.9 Å². The third-order valence-corrected chi connectivity index (χ3v) is 0. The highest BCUT2D eigenvalue weighted by Crippen LogP contribution is 1.50. The Labute approximate surface area is 48.6 Å². The Morgan fingerprint density at radius 2 is 1.62 bits per heavy atom. The van der Waals surface area contributed by atoms with E-state index in [0.29, 0.717) is 0 Å². The second-order valence-corrected chi connectivity index (χ2v) is 1.95. The summed E-state index contributed by atoms with van der Waals surface area (Å²) in [5.74, 6) is 0. The summed E-state index contributed by atoms with van der Waals surface area (Å²) in [5, 5.41) is 3.88. The van der Waals surface area contributed by atoms with Gasteiger partial charge in [0, 0.05) is 0 Å². The second kappa shape index (κ2) is 4.98. The molecule has 0 saturated carbocycles. The molecule has 0 radical (unpaired) electrons. The molecule has 0 saturated heterocycles. The summed E-state index contributed by atoms with van der Waals surface area (Å²) in [6, 6.07) is 0. The van der Waals surface area contributed by atoms with Crippen LogP contribution in [0.3, 0.4) is 0 Å². The lowest BCUT2D eigenvalue weighted by molar-refractivity contribution is 0.485. The Hall–Kier alpha value is -0.170. The molecule has 0 fully saturated rings. The van der Waals surface area contributed by atoms with E-state index >= 15 is 0 Å². The van der Waals surface area contributed by atoms with Gasteiger partial charge in [-0.3, -0.25) is 4.55 Å². The van der Waals surface area contributed by atoms with Crippen LogP contribution in [0.1, 0.15) is 6.92 Å². The molecule has 0 heterocycles. The summed E-state index contributed by atoms with van der Waals surface area (Å²) in [4.78, 5) is 0. The van der Waals surface area contributed by atoms with E-state index in [1.54, 1.807) is 0 Å². The average molecular weight is 142 g/mol. The zero-order chi connectivity index (χ0) is 7.21. The van der Waals surface area contributed by atoms with Crippen molar-refractivity contribution < 1.29 is 13.0 Å². The Bertz CT molecular complexity index is 109. The molecular formula is C2H10N2O3S. The van der Waals surface area contributed by atoms with Crippen molar-refractivity contribution in [3.05, 3.63) is 0 Å². The molecule has 8 heavy (non-hydrogen) atoms. The van der Waals surface area contributed by atoms with Crippen LogP contribution >= 0.6 is 0 Å². The molecule has 0 aromatic carbocycles. The smallest absolute Gasteiger partial charge is 0.330 e. The maximum atomic E-state index is 8.97. The van der Waals surface area contributed by atoms with Crippen LogP contribution in [0.25, 0.3) is 0 Å². The van der Waals surface area contributed by atoms with Crippen LogP contribution in [0, 0.1) is 0 Å². The van der Waals surface area contributed by atoms with Gasteiger partial charge >= 0.3 is 10.3 Å². The minimum atomic E-state index is -4.17. The summed E-state index contributed by atoms with van der Waals surface area (Å²) < 4.78 is 25.2. The number of nitrogens with two attached hydrogens (primary N) is 2. The molecule has 0 aliphatic rings. The van der Waals surface area contributed by atoms with Gasteiger partial charge in [0.05, 0.1) is 0 Å². The topological polar surface area (TPSA) is 106 Å². The number of hydrogen-bond acceptors (Lipinski definition) is 3. The van der Waals surface area contributed by atoms with Crippen molar-refractivity contribution in [2.45, 2.75) is 6.92 Å². The maximum absolute atomic E-state index is 8.97. The molecule has 0 aliphatic carbocycles. The van der Waals surface area contributed by atoms with Gasteiger partial charge in [-0.2, -0.15) is 8.42 Å². The van der Waals surface area contributed by atoms with Crippen LogP contribution in [-0.4, -0.2) is 19.5 Å². The van der Waals surface area contributed by atoms with Gasteiger partial charge in [0.15, 0.2) is 0 Å². The van der Waals surface area contributed by atoms with E-state index in [4.69, 9.17) is 18.7 Å². The van der Waals surface area contributed by atoms with Crippen LogP contribution in [-0.2, 0) is 10.3 Å². The molecule has 5 nitrogen and oxygen atoms in total. The average Bonchev–Trinajstić information content (AvgIpc) is 1.27. The first-order valence-electron chi connectivity index (χ1n) is 1.87. The first kappa shape index (κ1) is 10.7. The van der Waals surface area contributed by atoms with Gasteiger partial charge in [0.1, 0.15) is 0 Å². The van der Waals surface area contributed by atoms with Crippen molar-refractivity contribution >= 4 is 10.3 Å². The normalized spacial score (nSPS) is 9.50. The van der Waals surface area contributed by atoms with E-state index in [0.717, 1.165) is 6.54 Å². The van der Waals surface area contributed by atoms with Crippen molar-refractivity contribution in [3.63, 3.8) is 0 Å². The molecule has 0 bridgehead atoms. The van der Waals surface area contributed by atoms with Crippen molar-refractivity contribution in [2.75, 3.05) is 6.54 Å². The summed E-state index contributed by atoms with van der Waals surface area (Å²) in [5.41, 5.74) is 4.85. The number of rotatable bonds is 0. The predicted molar refractivity (Wildman–Crippen MR) is 30.5 cm³/mol. The first-order valence-corrected chi connectivity index (χ1v) is 3.37. The van der Waals surface area contributed by atoms with E-state index in [-0.39, 0.29) is 0 Å². The molecular weight excluding hydrogens is 132 g/mol. The third-order valence-electron chi connectivity index (χ3n) is 0. The molecule has 0 unspecified atom stereocenters. The predicted octanol–water partition coefficient (Wildman–Crippen LogP) is -1.29. The monoisotopic (exact) mass is 142 g/mol. The van der Waals surface area contributed by atoms with Gasteiger partial charge in [0.2, 0.25) is 0 Å².